The summed E-state index contributed by atoms with van der Waals surface area (Å²) in [5.41, 5.74) is 0. The van der Waals surface area contributed by atoms with Gasteiger partial charge in [0, 0.05) is 19.0 Å². The lowest BCUT2D eigenvalue weighted by Gasteiger charge is -2.35. The molecule has 0 saturated carbocycles. The maximum absolute atomic E-state index is 12.0. The van der Waals surface area contributed by atoms with Crippen molar-refractivity contribution < 1.29 is 14.3 Å². The van der Waals surface area contributed by atoms with Gasteiger partial charge in [-0.25, -0.2) is 0 Å². The Balaban J connectivity index is 2.22. The highest BCUT2D eigenvalue weighted by atomic mass is 16.5. The standard InChI is InChI=1S/C15H29N3O3/c1-16-10-8-13-6-3-4-11-18(13)12-14(19)17-9-5-7-15(20)21-2/h13,16H,3-12H2,1-2H3,(H,17,19). The highest BCUT2D eigenvalue weighted by molar-refractivity contribution is 5.78. The zero-order valence-electron chi connectivity index (χ0n) is 13.3. The molecule has 6 heteroatoms. The largest absolute Gasteiger partial charge is 0.469 e. The Bertz CT molecular complexity index is 323. The molecule has 0 bridgehead atoms. The van der Waals surface area contributed by atoms with Crippen LogP contribution in [0.3, 0.4) is 0 Å². The Morgan fingerprint density at radius 2 is 2.10 bits per heavy atom. The van der Waals surface area contributed by atoms with E-state index in [0.29, 0.717) is 32.0 Å². The van der Waals surface area contributed by atoms with Crippen LogP contribution in [0.2, 0.25) is 0 Å². The molecular formula is C15H29N3O3. The third-order valence-electron chi connectivity index (χ3n) is 3.93. The lowest BCUT2D eigenvalue weighted by atomic mass is 9.99. The van der Waals surface area contributed by atoms with Crippen LogP contribution >= 0.6 is 0 Å². The fraction of sp³-hybridized carbons (Fsp3) is 0.867. The molecule has 0 aromatic carbocycles. The van der Waals surface area contributed by atoms with Crippen LogP contribution in [-0.4, -0.2) is 63.2 Å². The first kappa shape index (κ1) is 17.9. The first-order valence-corrected chi connectivity index (χ1v) is 7.89. The Labute approximate surface area is 127 Å². The van der Waals surface area contributed by atoms with Gasteiger partial charge < -0.3 is 15.4 Å². The van der Waals surface area contributed by atoms with Gasteiger partial charge in [0.15, 0.2) is 0 Å². The molecule has 6 nitrogen and oxygen atoms in total. The van der Waals surface area contributed by atoms with Gasteiger partial charge in [0.1, 0.15) is 0 Å². The topological polar surface area (TPSA) is 70.7 Å². The number of nitrogens with one attached hydrogen (secondary N) is 2. The average molecular weight is 299 g/mol. The molecule has 1 atom stereocenters. The first-order chi connectivity index (χ1) is 10.2. The smallest absolute Gasteiger partial charge is 0.305 e. The summed E-state index contributed by atoms with van der Waals surface area (Å²) >= 11 is 0. The molecule has 0 aromatic heterocycles. The summed E-state index contributed by atoms with van der Waals surface area (Å²) in [4.78, 5) is 25.2. The van der Waals surface area contributed by atoms with E-state index in [0.717, 1.165) is 19.5 Å². The van der Waals surface area contributed by atoms with E-state index in [9.17, 15) is 9.59 Å². The monoisotopic (exact) mass is 299 g/mol. The fourth-order valence-corrected chi connectivity index (χ4v) is 2.71. The van der Waals surface area contributed by atoms with Crippen LogP contribution in [0.25, 0.3) is 0 Å². The van der Waals surface area contributed by atoms with Crippen LogP contribution in [0.5, 0.6) is 0 Å². The summed E-state index contributed by atoms with van der Waals surface area (Å²) in [6.45, 7) is 2.99. The quantitative estimate of drug-likeness (QED) is 0.480. The second-order valence-corrected chi connectivity index (χ2v) is 5.54. The third-order valence-corrected chi connectivity index (χ3v) is 3.93. The minimum Gasteiger partial charge on any atom is -0.469 e. The maximum atomic E-state index is 12.0. The van der Waals surface area contributed by atoms with Gasteiger partial charge in [-0.15, -0.1) is 0 Å². The number of carbonyl (C=O) groups is 2. The fourth-order valence-electron chi connectivity index (χ4n) is 2.71. The molecule has 1 fully saturated rings. The summed E-state index contributed by atoms with van der Waals surface area (Å²) in [6.07, 6.45) is 5.67. The highest BCUT2D eigenvalue weighted by Crippen LogP contribution is 2.18. The third kappa shape index (κ3) is 7.43. The summed E-state index contributed by atoms with van der Waals surface area (Å²) < 4.78 is 4.56. The van der Waals surface area contributed by atoms with Crippen LogP contribution in [-0.2, 0) is 14.3 Å². The number of esters is 1. The van der Waals surface area contributed by atoms with Gasteiger partial charge in [0.25, 0.3) is 0 Å². The Kier molecular flexibility index (Phi) is 9.01. The lowest BCUT2D eigenvalue weighted by molar-refractivity contribution is -0.140. The van der Waals surface area contributed by atoms with Crippen molar-refractivity contribution in [3.8, 4) is 0 Å². The van der Waals surface area contributed by atoms with Crippen molar-refractivity contribution in [3.05, 3.63) is 0 Å². The number of nitrogens with zero attached hydrogens (tertiary/aromatic N) is 1. The summed E-state index contributed by atoms with van der Waals surface area (Å²) in [5.74, 6) is -0.177. The van der Waals surface area contributed by atoms with E-state index < -0.39 is 0 Å². The molecule has 0 aliphatic carbocycles. The molecule has 2 N–H and O–H groups in total. The van der Waals surface area contributed by atoms with Crippen LogP contribution in [0, 0.1) is 0 Å². The van der Waals surface area contributed by atoms with E-state index in [-0.39, 0.29) is 11.9 Å². The summed E-state index contributed by atoms with van der Waals surface area (Å²) in [7, 11) is 3.34. The van der Waals surface area contributed by atoms with Gasteiger partial charge in [-0.3, -0.25) is 14.5 Å². The molecule has 1 saturated heterocycles. The Morgan fingerprint density at radius 3 is 2.81 bits per heavy atom. The average Bonchev–Trinajstić information content (AvgIpc) is 2.50. The van der Waals surface area contributed by atoms with Crippen molar-refractivity contribution in [2.24, 2.45) is 0 Å². The van der Waals surface area contributed by atoms with E-state index in [1.165, 1.54) is 26.4 Å². The second kappa shape index (κ2) is 10.6. The SMILES string of the molecule is CNCCC1CCCCN1CC(=O)NCCCC(=O)OC. The number of ether oxygens (including phenoxy) is 1. The normalized spacial score (nSPS) is 19.2. The number of carbonyl (C=O) groups excluding carboxylic acids is 2. The minimum atomic E-state index is -0.229. The highest BCUT2D eigenvalue weighted by Gasteiger charge is 2.23. The predicted octanol–water partition coefficient (Wildman–Crippen LogP) is 0.520. The zero-order valence-corrected chi connectivity index (χ0v) is 13.3. The van der Waals surface area contributed by atoms with Crippen LogP contribution < -0.4 is 10.6 Å². The second-order valence-electron chi connectivity index (χ2n) is 5.54. The molecule has 0 spiro atoms. The molecule has 122 valence electrons. The van der Waals surface area contributed by atoms with Gasteiger partial charge in [0.2, 0.25) is 5.91 Å². The van der Waals surface area contributed by atoms with Crippen molar-refractivity contribution in [1.82, 2.24) is 15.5 Å². The number of likely N-dealkylation sites (tertiary alicyclic amines) is 1. The van der Waals surface area contributed by atoms with Gasteiger partial charge in [0.05, 0.1) is 13.7 Å². The molecule has 1 unspecified atom stereocenters. The molecule has 1 aliphatic heterocycles. The number of methoxy groups -OCH3 is 1. The number of amides is 1. The van der Waals surface area contributed by atoms with Crippen LogP contribution in [0.15, 0.2) is 0 Å². The van der Waals surface area contributed by atoms with Crippen molar-refractivity contribution in [3.63, 3.8) is 0 Å². The molecule has 1 heterocycles. The Hall–Kier alpha value is -1.14. The van der Waals surface area contributed by atoms with Crippen LogP contribution in [0.4, 0.5) is 0 Å². The zero-order chi connectivity index (χ0) is 15.5. The molecule has 0 radical (unpaired) electrons. The van der Waals surface area contributed by atoms with Gasteiger partial charge in [-0.2, -0.15) is 0 Å². The van der Waals surface area contributed by atoms with E-state index in [4.69, 9.17) is 0 Å². The predicted molar refractivity (Wildman–Crippen MR) is 82.0 cm³/mol. The molecular weight excluding hydrogens is 270 g/mol. The summed E-state index contributed by atoms with van der Waals surface area (Å²) in [6, 6.07) is 0.506. The van der Waals surface area contributed by atoms with Gasteiger partial charge in [-0.05, 0) is 45.8 Å². The number of rotatable bonds is 9. The summed E-state index contributed by atoms with van der Waals surface area (Å²) in [5, 5.41) is 6.06. The molecule has 1 amide bonds. The van der Waals surface area contributed by atoms with Crippen molar-refractivity contribution >= 4 is 11.9 Å². The number of hydrogen-bond donors (Lipinski definition) is 2. The molecule has 21 heavy (non-hydrogen) atoms. The van der Waals surface area contributed by atoms with Crippen LogP contribution in [0.1, 0.15) is 38.5 Å². The van der Waals surface area contributed by atoms with Gasteiger partial charge in [-0.1, -0.05) is 6.42 Å². The number of piperidine rings is 1. The lowest BCUT2D eigenvalue weighted by Crippen LogP contribution is -2.46. The van der Waals surface area contributed by atoms with E-state index in [1.807, 2.05) is 7.05 Å². The van der Waals surface area contributed by atoms with E-state index >= 15 is 0 Å². The van der Waals surface area contributed by atoms with E-state index in [1.54, 1.807) is 0 Å². The molecule has 0 aromatic rings. The van der Waals surface area contributed by atoms with Crippen molar-refractivity contribution in [2.75, 3.05) is 40.3 Å². The molecule has 1 aliphatic rings. The minimum absolute atomic E-state index is 0.0521. The Morgan fingerprint density at radius 1 is 1.29 bits per heavy atom. The molecule has 1 rings (SSSR count). The van der Waals surface area contributed by atoms with E-state index in [2.05, 4.69) is 20.3 Å². The van der Waals surface area contributed by atoms with Gasteiger partial charge >= 0.3 is 5.97 Å². The van der Waals surface area contributed by atoms with Crippen molar-refractivity contribution in [1.29, 1.82) is 0 Å². The first-order valence-electron chi connectivity index (χ1n) is 7.89. The maximum Gasteiger partial charge on any atom is 0.305 e. The number of hydrogen-bond acceptors (Lipinski definition) is 5. The van der Waals surface area contributed by atoms with Crippen molar-refractivity contribution in [2.45, 2.75) is 44.6 Å².